The molecule has 0 aliphatic carbocycles. The van der Waals surface area contributed by atoms with Crippen LogP contribution in [0.2, 0.25) is 0 Å². The smallest absolute Gasteiger partial charge is 0.160 e. The van der Waals surface area contributed by atoms with Crippen LogP contribution in [0.5, 0.6) is 0 Å². The highest BCUT2D eigenvalue weighted by molar-refractivity contribution is 9.10. The first kappa shape index (κ1) is 9.00. The van der Waals surface area contributed by atoms with Gasteiger partial charge in [0.25, 0.3) is 0 Å². The molecule has 70 valence electrons. The summed E-state index contributed by atoms with van der Waals surface area (Å²) in [5.74, 6) is -0.178. The predicted octanol–water partition coefficient (Wildman–Crippen LogP) is 3.29. The largest absolute Gasteiger partial charge is 0.382 e. The number of hydrogen-bond donors (Lipinski definition) is 1. The second kappa shape index (κ2) is 2.71. The summed E-state index contributed by atoms with van der Waals surface area (Å²) < 4.78 is 14.1. The van der Waals surface area contributed by atoms with Crippen LogP contribution in [-0.4, -0.2) is 6.54 Å². The third-order valence-electron chi connectivity index (χ3n) is 2.53. The summed E-state index contributed by atoms with van der Waals surface area (Å²) in [6, 6.07) is 3.74. The molecule has 0 fully saturated rings. The fourth-order valence-corrected chi connectivity index (χ4v) is 2.02. The van der Waals surface area contributed by atoms with Crippen LogP contribution in [0, 0.1) is 5.82 Å². The third-order valence-corrected chi connectivity index (χ3v) is 3.14. The van der Waals surface area contributed by atoms with Gasteiger partial charge in [0.1, 0.15) is 0 Å². The SMILES string of the molecule is CC1(C)CNc2c1ccc(Br)c2F. The van der Waals surface area contributed by atoms with Crippen LogP contribution in [0.15, 0.2) is 16.6 Å². The minimum absolute atomic E-state index is 0.0386. The molecule has 1 nitrogen and oxygen atoms in total. The van der Waals surface area contributed by atoms with E-state index in [2.05, 4.69) is 35.1 Å². The van der Waals surface area contributed by atoms with Gasteiger partial charge in [0, 0.05) is 12.0 Å². The Morgan fingerprint density at radius 2 is 2.15 bits per heavy atom. The van der Waals surface area contributed by atoms with Gasteiger partial charge in [-0.2, -0.15) is 0 Å². The van der Waals surface area contributed by atoms with Crippen LogP contribution < -0.4 is 5.32 Å². The number of hydrogen-bond acceptors (Lipinski definition) is 1. The minimum atomic E-state index is -0.178. The molecule has 0 saturated heterocycles. The van der Waals surface area contributed by atoms with Crippen LogP contribution in [-0.2, 0) is 5.41 Å². The van der Waals surface area contributed by atoms with Gasteiger partial charge in [-0.05, 0) is 27.6 Å². The van der Waals surface area contributed by atoms with Crippen molar-refractivity contribution in [3.8, 4) is 0 Å². The van der Waals surface area contributed by atoms with Crippen LogP contribution in [0.1, 0.15) is 19.4 Å². The van der Waals surface area contributed by atoms with Crippen LogP contribution >= 0.6 is 15.9 Å². The minimum Gasteiger partial charge on any atom is -0.382 e. The fraction of sp³-hybridized carbons (Fsp3) is 0.400. The highest BCUT2D eigenvalue weighted by Crippen LogP contribution is 2.39. The molecule has 0 spiro atoms. The lowest BCUT2D eigenvalue weighted by atomic mass is 9.87. The molecular weight excluding hydrogens is 233 g/mol. The second-order valence-corrected chi connectivity index (χ2v) is 4.88. The molecular formula is C10H11BrFN. The zero-order valence-corrected chi connectivity index (χ0v) is 9.20. The molecule has 0 unspecified atom stereocenters. The first-order valence-corrected chi connectivity index (χ1v) is 5.04. The Bertz CT molecular complexity index is 360. The lowest BCUT2D eigenvalue weighted by molar-refractivity contribution is 0.584. The van der Waals surface area contributed by atoms with Crippen molar-refractivity contribution in [2.45, 2.75) is 19.3 Å². The van der Waals surface area contributed by atoms with Crippen molar-refractivity contribution in [3.05, 3.63) is 28.0 Å². The van der Waals surface area contributed by atoms with Gasteiger partial charge in [0.05, 0.1) is 10.2 Å². The van der Waals surface area contributed by atoms with Crippen molar-refractivity contribution >= 4 is 21.6 Å². The summed E-state index contributed by atoms with van der Waals surface area (Å²) in [5, 5.41) is 3.09. The molecule has 1 aliphatic rings. The first-order chi connectivity index (χ1) is 6.02. The number of halogens is 2. The molecule has 0 bridgehead atoms. The Hall–Kier alpha value is -0.570. The molecule has 13 heavy (non-hydrogen) atoms. The van der Waals surface area contributed by atoms with E-state index in [0.29, 0.717) is 10.2 Å². The van der Waals surface area contributed by atoms with E-state index >= 15 is 0 Å². The van der Waals surface area contributed by atoms with E-state index in [1.807, 2.05) is 6.07 Å². The maximum Gasteiger partial charge on any atom is 0.160 e. The van der Waals surface area contributed by atoms with Crippen molar-refractivity contribution in [1.82, 2.24) is 0 Å². The van der Waals surface area contributed by atoms with Crippen molar-refractivity contribution in [2.75, 3.05) is 11.9 Å². The summed E-state index contributed by atoms with van der Waals surface area (Å²) in [4.78, 5) is 0. The lowest BCUT2D eigenvalue weighted by Crippen LogP contribution is -2.18. The van der Waals surface area contributed by atoms with Gasteiger partial charge < -0.3 is 5.32 Å². The molecule has 1 aromatic rings. The van der Waals surface area contributed by atoms with Gasteiger partial charge in [0.15, 0.2) is 5.82 Å². The van der Waals surface area contributed by atoms with Gasteiger partial charge >= 0.3 is 0 Å². The summed E-state index contributed by atoms with van der Waals surface area (Å²) >= 11 is 3.17. The Labute approximate surface area is 85.5 Å². The standard InChI is InChI=1S/C10H11BrFN/c1-10(2)5-13-9-6(10)3-4-7(11)8(9)12/h3-4,13H,5H2,1-2H3. The molecule has 0 amide bonds. The number of benzene rings is 1. The molecule has 3 heteroatoms. The van der Waals surface area contributed by atoms with Gasteiger partial charge in [0.2, 0.25) is 0 Å². The molecule has 0 saturated carbocycles. The Morgan fingerprint density at radius 3 is 2.85 bits per heavy atom. The quantitative estimate of drug-likeness (QED) is 0.738. The Morgan fingerprint density at radius 1 is 1.46 bits per heavy atom. The average Bonchev–Trinajstić information content (AvgIpc) is 2.35. The number of nitrogens with one attached hydrogen (secondary N) is 1. The van der Waals surface area contributed by atoms with E-state index in [0.717, 1.165) is 12.1 Å². The molecule has 1 heterocycles. The number of fused-ring (bicyclic) bond motifs is 1. The van der Waals surface area contributed by atoms with Gasteiger partial charge in [-0.15, -0.1) is 0 Å². The zero-order chi connectivity index (χ0) is 9.64. The van der Waals surface area contributed by atoms with Gasteiger partial charge in [-0.3, -0.25) is 0 Å². The summed E-state index contributed by atoms with van der Waals surface area (Å²) in [7, 11) is 0. The number of anilines is 1. The molecule has 1 aliphatic heterocycles. The van der Waals surface area contributed by atoms with Crippen LogP contribution in [0.4, 0.5) is 10.1 Å². The maximum absolute atomic E-state index is 13.5. The third kappa shape index (κ3) is 1.26. The van der Waals surface area contributed by atoms with E-state index in [1.54, 1.807) is 6.07 Å². The Balaban J connectivity index is 2.64. The van der Waals surface area contributed by atoms with E-state index in [-0.39, 0.29) is 11.2 Å². The highest BCUT2D eigenvalue weighted by atomic mass is 79.9. The van der Waals surface area contributed by atoms with Crippen molar-refractivity contribution in [3.63, 3.8) is 0 Å². The predicted molar refractivity (Wildman–Crippen MR) is 55.6 cm³/mol. The van der Waals surface area contributed by atoms with E-state index < -0.39 is 0 Å². The highest BCUT2D eigenvalue weighted by Gasteiger charge is 2.31. The zero-order valence-electron chi connectivity index (χ0n) is 7.62. The van der Waals surface area contributed by atoms with E-state index in [9.17, 15) is 4.39 Å². The molecule has 0 aromatic heterocycles. The van der Waals surface area contributed by atoms with Crippen molar-refractivity contribution in [1.29, 1.82) is 0 Å². The molecule has 1 N–H and O–H groups in total. The monoisotopic (exact) mass is 243 g/mol. The van der Waals surface area contributed by atoms with Crippen molar-refractivity contribution in [2.24, 2.45) is 0 Å². The topological polar surface area (TPSA) is 12.0 Å². The summed E-state index contributed by atoms with van der Waals surface area (Å²) in [6.45, 7) is 5.02. The van der Waals surface area contributed by atoms with Gasteiger partial charge in [-0.1, -0.05) is 19.9 Å². The molecule has 0 atom stereocenters. The average molecular weight is 244 g/mol. The van der Waals surface area contributed by atoms with E-state index in [1.165, 1.54) is 0 Å². The second-order valence-electron chi connectivity index (χ2n) is 4.02. The molecule has 0 radical (unpaired) electrons. The summed E-state index contributed by atoms with van der Waals surface area (Å²) in [6.07, 6.45) is 0. The first-order valence-electron chi connectivity index (χ1n) is 4.25. The summed E-state index contributed by atoms with van der Waals surface area (Å²) in [5.41, 5.74) is 1.75. The normalized spacial score (nSPS) is 18.2. The number of rotatable bonds is 0. The van der Waals surface area contributed by atoms with E-state index in [4.69, 9.17) is 0 Å². The molecule has 1 aromatic carbocycles. The van der Waals surface area contributed by atoms with Crippen LogP contribution in [0.3, 0.4) is 0 Å². The lowest BCUT2D eigenvalue weighted by Gasteiger charge is -2.16. The maximum atomic E-state index is 13.5. The van der Waals surface area contributed by atoms with Crippen molar-refractivity contribution < 1.29 is 4.39 Å². The van der Waals surface area contributed by atoms with Crippen LogP contribution in [0.25, 0.3) is 0 Å². The van der Waals surface area contributed by atoms with Gasteiger partial charge in [-0.25, -0.2) is 4.39 Å². The molecule has 2 rings (SSSR count). The Kier molecular flexibility index (Phi) is 1.88. The fourth-order valence-electron chi connectivity index (χ4n) is 1.69.